The number of piperidine rings is 1. The molecule has 0 aromatic rings. The summed E-state index contributed by atoms with van der Waals surface area (Å²) < 4.78 is 0. The number of hydrogen-bond acceptors (Lipinski definition) is 2. The van der Waals surface area contributed by atoms with Crippen molar-refractivity contribution in [2.45, 2.75) is 64.8 Å². The van der Waals surface area contributed by atoms with Crippen molar-refractivity contribution >= 4 is 5.96 Å². The van der Waals surface area contributed by atoms with E-state index >= 15 is 0 Å². The van der Waals surface area contributed by atoms with Gasteiger partial charge in [0.15, 0.2) is 5.96 Å². The summed E-state index contributed by atoms with van der Waals surface area (Å²) in [6.45, 7) is 10.8. The molecule has 3 aliphatic rings. The summed E-state index contributed by atoms with van der Waals surface area (Å²) in [6.07, 6.45) is 9.52. The molecule has 23 heavy (non-hydrogen) atoms. The molecule has 0 bridgehead atoms. The minimum atomic E-state index is 0.473. The molecule has 4 heteroatoms. The monoisotopic (exact) mass is 320 g/mol. The summed E-state index contributed by atoms with van der Waals surface area (Å²) >= 11 is 0. The van der Waals surface area contributed by atoms with Gasteiger partial charge in [-0.15, -0.1) is 0 Å². The van der Waals surface area contributed by atoms with Crippen LogP contribution in [0.5, 0.6) is 0 Å². The minimum absolute atomic E-state index is 0.473. The van der Waals surface area contributed by atoms with Gasteiger partial charge in [0.25, 0.3) is 0 Å². The predicted octanol–water partition coefficient (Wildman–Crippen LogP) is 2.95. The molecule has 3 fully saturated rings. The summed E-state index contributed by atoms with van der Waals surface area (Å²) in [4.78, 5) is 9.79. The molecule has 1 N–H and O–H groups in total. The van der Waals surface area contributed by atoms with Crippen LogP contribution in [0, 0.1) is 11.3 Å². The standard InChI is InChI=1S/C19H36N4/c1-4-9-19(2)10-5-11-23(15-19)18(20-3)21-13-16-8-12-22(14-16)17-6-7-17/h16-17H,4-15H2,1-3H3,(H,20,21). The molecule has 4 nitrogen and oxygen atoms in total. The molecule has 2 atom stereocenters. The van der Waals surface area contributed by atoms with Gasteiger partial charge >= 0.3 is 0 Å². The minimum Gasteiger partial charge on any atom is -0.356 e. The molecule has 3 rings (SSSR count). The lowest BCUT2D eigenvalue weighted by Crippen LogP contribution is -2.50. The van der Waals surface area contributed by atoms with Gasteiger partial charge in [-0.2, -0.15) is 0 Å². The summed E-state index contributed by atoms with van der Waals surface area (Å²) in [5, 5.41) is 3.69. The predicted molar refractivity (Wildman–Crippen MR) is 97.9 cm³/mol. The Morgan fingerprint density at radius 2 is 2.09 bits per heavy atom. The SMILES string of the molecule is CCCC1(C)CCCN(C(=NC)NCC2CCN(C3CC3)C2)C1. The summed E-state index contributed by atoms with van der Waals surface area (Å²) in [5.41, 5.74) is 0.473. The molecule has 2 heterocycles. The molecule has 2 saturated heterocycles. The first-order chi connectivity index (χ1) is 11.1. The fraction of sp³-hybridized carbons (Fsp3) is 0.947. The van der Waals surface area contributed by atoms with Crippen LogP contribution in [0.3, 0.4) is 0 Å². The van der Waals surface area contributed by atoms with Crippen molar-refractivity contribution in [3.05, 3.63) is 0 Å². The van der Waals surface area contributed by atoms with Gasteiger partial charge in [-0.3, -0.25) is 4.99 Å². The van der Waals surface area contributed by atoms with Gasteiger partial charge in [0.2, 0.25) is 0 Å². The van der Waals surface area contributed by atoms with Crippen LogP contribution in [0.2, 0.25) is 0 Å². The van der Waals surface area contributed by atoms with Gasteiger partial charge in [0.1, 0.15) is 0 Å². The lowest BCUT2D eigenvalue weighted by atomic mass is 9.78. The number of guanidine groups is 1. The largest absolute Gasteiger partial charge is 0.356 e. The average molecular weight is 321 g/mol. The van der Waals surface area contributed by atoms with Crippen molar-refractivity contribution in [2.24, 2.45) is 16.3 Å². The molecule has 2 unspecified atom stereocenters. The van der Waals surface area contributed by atoms with Crippen LogP contribution in [-0.2, 0) is 0 Å². The second kappa shape index (κ2) is 7.42. The molecule has 0 aromatic carbocycles. The molecule has 132 valence electrons. The van der Waals surface area contributed by atoms with E-state index in [4.69, 9.17) is 0 Å². The normalized spacial score (nSPS) is 33.3. The van der Waals surface area contributed by atoms with Crippen LogP contribution >= 0.6 is 0 Å². The van der Waals surface area contributed by atoms with Gasteiger partial charge < -0.3 is 15.1 Å². The molecule has 1 aliphatic carbocycles. The Labute approximate surface area is 142 Å². The first kappa shape index (κ1) is 17.1. The van der Waals surface area contributed by atoms with Crippen LogP contribution in [-0.4, -0.2) is 61.6 Å². The highest BCUT2D eigenvalue weighted by Gasteiger charge is 2.35. The van der Waals surface area contributed by atoms with E-state index < -0.39 is 0 Å². The van der Waals surface area contributed by atoms with Crippen molar-refractivity contribution < 1.29 is 0 Å². The Kier molecular flexibility index (Phi) is 5.50. The van der Waals surface area contributed by atoms with Crippen LogP contribution in [0.15, 0.2) is 4.99 Å². The Balaban J connectivity index is 1.47. The maximum atomic E-state index is 4.58. The highest BCUT2D eigenvalue weighted by molar-refractivity contribution is 5.80. The maximum absolute atomic E-state index is 4.58. The van der Waals surface area contributed by atoms with E-state index in [2.05, 4.69) is 34.0 Å². The quantitative estimate of drug-likeness (QED) is 0.624. The number of likely N-dealkylation sites (tertiary alicyclic amines) is 2. The zero-order valence-corrected chi connectivity index (χ0v) is 15.5. The van der Waals surface area contributed by atoms with Crippen molar-refractivity contribution in [2.75, 3.05) is 39.8 Å². The Hall–Kier alpha value is -0.770. The number of nitrogens with one attached hydrogen (secondary N) is 1. The smallest absolute Gasteiger partial charge is 0.193 e. The Bertz CT molecular complexity index is 414. The summed E-state index contributed by atoms with van der Waals surface area (Å²) in [6, 6.07) is 0.927. The third-order valence-electron chi connectivity index (χ3n) is 6.08. The van der Waals surface area contributed by atoms with Crippen LogP contribution in [0.4, 0.5) is 0 Å². The van der Waals surface area contributed by atoms with E-state index in [1.807, 2.05) is 7.05 Å². The highest BCUT2D eigenvalue weighted by Crippen LogP contribution is 2.34. The molecular weight excluding hydrogens is 284 g/mol. The first-order valence-electron chi connectivity index (χ1n) is 9.83. The van der Waals surface area contributed by atoms with Crippen LogP contribution < -0.4 is 5.32 Å². The molecule has 0 amide bonds. The third kappa shape index (κ3) is 4.40. The molecule has 1 saturated carbocycles. The number of hydrogen-bond donors (Lipinski definition) is 1. The Morgan fingerprint density at radius 1 is 1.26 bits per heavy atom. The second-order valence-corrected chi connectivity index (χ2v) is 8.39. The van der Waals surface area contributed by atoms with Gasteiger partial charge in [-0.25, -0.2) is 0 Å². The van der Waals surface area contributed by atoms with E-state index in [0.717, 1.165) is 31.0 Å². The van der Waals surface area contributed by atoms with Crippen molar-refractivity contribution in [1.82, 2.24) is 15.1 Å². The van der Waals surface area contributed by atoms with Gasteiger partial charge in [0.05, 0.1) is 0 Å². The zero-order valence-electron chi connectivity index (χ0n) is 15.5. The van der Waals surface area contributed by atoms with Gasteiger partial charge in [0, 0.05) is 39.3 Å². The van der Waals surface area contributed by atoms with Crippen molar-refractivity contribution in [1.29, 1.82) is 0 Å². The third-order valence-corrected chi connectivity index (χ3v) is 6.08. The molecule has 0 radical (unpaired) electrons. The zero-order chi connectivity index (χ0) is 16.3. The molecule has 0 spiro atoms. The molecular formula is C19H36N4. The fourth-order valence-electron chi connectivity index (χ4n) is 4.67. The molecule has 2 aliphatic heterocycles. The number of rotatable bonds is 5. The Morgan fingerprint density at radius 3 is 2.78 bits per heavy atom. The average Bonchev–Trinajstić information content (AvgIpc) is 3.27. The summed E-state index contributed by atoms with van der Waals surface area (Å²) in [5.74, 6) is 1.94. The lowest BCUT2D eigenvalue weighted by Gasteiger charge is -2.42. The topological polar surface area (TPSA) is 30.9 Å². The highest BCUT2D eigenvalue weighted by atomic mass is 15.3. The van der Waals surface area contributed by atoms with E-state index in [1.165, 1.54) is 64.6 Å². The van der Waals surface area contributed by atoms with E-state index in [9.17, 15) is 0 Å². The fourth-order valence-corrected chi connectivity index (χ4v) is 4.67. The van der Waals surface area contributed by atoms with Crippen molar-refractivity contribution in [3.8, 4) is 0 Å². The molecule has 0 aromatic heterocycles. The maximum Gasteiger partial charge on any atom is 0.193 e. The van der Waals surface area contributed by atoms with Crippen LogP contribution in [0.1, 0.15) is 58.8 Å². The summed E-state index contributed by atoms with van der Waals surface area (Å²) in [7, 11) is 1.94. The van der Waals surface area contributed by atoms with Crippen molar-refractivity contribution in [3.63, 3.8) is 0 Å². The first-order valence-corrected chi connectivity index (χ1v) is 9.83. The lowest BCUT2D eigenvalue weighted by molar-refractivity contribution is 0.142. The number of aliphatic imine (C=N–C) groups is 1. The van der Waals surface area contributed by atoms with E-state index in [0.29, 0.717) is 5.41 Å². The van der Waals surface area contributed by atoms with Gasteiger partial charge in [-0.05, 0) is 56.4 Å². The van der Waals surface area contributed by atoms with E-state index in [1.54, 1.807) is 0 Å². The van der Waals surface area contributed by atoms with Gasteiger partial charge in [-0.1, -0.05) is 20.3 Å². The second-order valence-electron chi connectivity index (χ2n) is 8.39. The number of nitrogens with zero attached hydrogens (tertiary/aromatic N) is 3. The van der Waals surface area contributed by atoms with Crippen LogP contribution in [0.25, 0.3) is 0 Å². The van der Waals surface area contributed by atoms with E-state index in [-0.39, 0.29) is 0 Å².